The van der Waals surface area contributed by atoms with Crippen LogP contribution in [0, 0.1) is 10.1 Å². The highest BCUT2D eigenvalue weighted by molar-refractivity contribution is 5.87. The van der Waals surface area contributed by atoms with Gasteiger partial charge in [-0.2, -0.15) is 0 Å². The molecule has 0 saturated heterocycles. The van der Waals surface area contributed by atoms with Gasteiger partial charge in [0.05, 0.1) is 18.1 Å². The molecule has 0 spiro atoms. The molecule has 9 nitrogen and oxygen atoms in total. The van der Waals surface area contributed by atoms with Gasteiger partial charge >= 0.3 is 5.97 Å². The number of carbonyl (C=O) groups is 1. The average Bonchev–Trinajstić information content (AvgIpc) is 2.47. The summed E-state index contributed by atoms with van der Waals surface area (Å²) in [4.78, 5) is 28.6. The summed E-state index contributed by atoms with van der Waals surface area (Å²) >= 11 is 0. The molecule has 0 saturated carbocycles. The van der Waals surface area contributed by atoms with E-state index in [4.69, 9.17) is 14.6 Å². The van der Waals surface area contributed by atoms with Crippen molar-refractivity contribution in [1.82, 2.24) is 9.97 Å². The molecule has 1 aromatic heterocycles. The zero-order chi connectivity index (χ0) is 15.4. The summed E-state index contributed by atoms with van der Waals surface area (Å²) in [6.07, 6.45) is 2.44. The molecule has 0 radical (unpaired) electrons. The van der Waals surface area contributed by atoms with Gasteiger partial charge in [-0.3, -0.25) is 10.1 Å². The first-order valence-corrected chi connectivity index (χ1v) is 5.57. The van der Waals surface area contributed by atoms with Crippen LogP contribution in [0.5, 0.6) is 17.4 Å². The highest BCUT2D eigenvalue weighted by Crippen LogP contribution is 2.34. The third-order valence-corrected chi connectivity index (χ3v) is 2.43. The first-order chi connectivity index (χ1) is 10.0. The van der Waals surface area contributed by atoms with E-state index in [1.807, 2.05) is 0 Å². The van der Waals surface area contributed by atoms with Crippen LogP contribution in [-0.4, -0.2) is 33.1 Å². The zero-order valence-corrected chi connectivity index (χ0v) is 10.7. The quantitative estimate of drug-likeness (QED) is 0.653. The minimum absolute atomic E-state index is 0.0327. The Labute approximate surface area is 117 Å². The first-order valence-electron chi connectivity index (χ1n) is 5.57. The van der Waals surface area contributed by atoms with Crippen molar-refractivity contribution in [1.29, 1.82) is 0 Å². The van der Waals surface area contributed by atoms with E-state index in [1.54, 1.807) is 0 Å². The molecule has 0 unspecified atom stereocenters. The predicted molar refractivity (Wildman–Crippen MR) is 68.7 cm³/mol. The molecule has 2 aromatic rings. The van der Waals surface area contributed by atoms with Crippen LogP contribution in [0.2, 0.25) is 0 Å². The second kappa shape index (κ2) is 5.82. The number of carboxylic acids is 1. The molecule has 108 valence electrons. The van der Waals surface area contributed by atoms with Crippen molar-refractivity contribution in [3.63, 3.8) is 0 Å². The molecular formula is C12H9N3O6. The number of benzene rings is 1. The number of rotatable bonds is 5. The number of hydrogen-bond acceptors (Lipinski definition) is 7. The fraction of sp³-hybridized carbons (Fsp3) is 0.0833. The van der Waals surface area contributed by atoms with Crippen molar-refractivity contribution in [3.8, 4) is 17.4 Å². The first kappa shape index (κ1) is 14.2. The van der Waals surface area contributed by atoms with Gasteiger partial charge in [0.2, 0.25) is 5.69 Å². The third-order valence-electron chi connectivity index (χ3n) is 2.43. The Morgan fingerprint density at radius 2 is 2.00 bits per heavy atom. The number of nitrogens with zero attached hydrogens (tertiary/aromatic N) is 3. The number of aromatic nitrogens is 2. The molecule has 0 amide bonds. The van der Waals surface area contributed by atoms with Crippen molar-refractivity contribution < 1.29 is 24.3 Å². The topological polar surface area (TPSA) is 125 Å². The normalized spacial score (nSPS) is 9.95. The second-order valence-corrected chi connectivity index (χ2v) is 3.71. The maximum absolute atomic E-state index is 11.0. The predicted octanol–water partition coefficient (Wildman–Crippen LogP) is 1.88. The van der Waals surface area contributed by atoms with Gasteiger partial charge in [0, 0.05) is 18.5 Å². The molecule has 0 aliphatic rings. The maximum atomic E-state index is 11.0. The van der Waals surface area contributed by atoms with Crippen molar-refractivity contribution >= 4 is 11.7 Å². The molecule has 0 bridgehead atoms. The number of nitro groups is 1. The summed E-state index contributed by atoms with van der Waals surface area (Å²) < 4.78 is 10.3. The Hall–Kier alpha value is -3.23. The largest absolute Gasteiger partial charge is 0.493 e. The monoisotopic (exact) mass is 291 g/mol. The lowest BCUT2D eigenvalue weighted by molar-refractivity contribution is -0.384. The SMILES string of the molecule is COc1ccc([N+](=O)[O-])cc1Oc1nccnc1C(=O)O. The maximum Gasteiger partial charge on any atom is 0.360 e. The fourth-order valence-electron chi connectivity index (χ4n) is 1.51. The number of non-ortho nitro benzene ring substituents is 1. The van der Waals surface area contributed by atoms with E-state index in [1.165, 1.54) is 31.6 Å². The standard InChI is InChI=1S/C12H9N3O6/c1-20-8-3-2-7(15(18)19)6-9(8)21-11-10(12(16)17)13-4-5-14-11/h2-6H,1H3,(H,16,17). The second-order valence-electron chi connectivity index (χ2n) is 3.71. The summed E-state index contributed by atoms with van der Waals surface area (Å²) in [7, 11) is 1.35. The lowest BCUT2D eigenvalue weighted by atomic mass is 10.3. The molecule has 0 aliphatic carbocycles. The van der Waals surface area contributed by atoms with Crippen LogP contribution in [0.25, 0.3) is 0 Å². The average molecular weight is 291 g/mol. The van der Waals surface area contributed by atoms with E-state index in [-0.39, 0.29) is 23.1 Å². The molecule has 1 heterocycles. The highest BCUT2D eigenvalue weighted by Gasteiger charge is 2.19. The number of methoxy groups -OCH3 is 1. The fourth-order valence-corrected chi connectivity index (χ4v) is 1.51. The zero-order valence-electron chi connectivity index (χ0n) is 10.7. The number of carboxylic acid groups (broad SMARTS) is 1. The van der Waals surface area contributed by atoms with E-state index in [0.29, 0.717) is 0 Å². The van der Waals surface area contributed by atoms with Crippen LogP contribution in [0.3, 0.4) is 0 Å². The van der Waals surface area contributed by atoms with Crippen LogP contribution in [0.1, 0.15) is 10.5 Å². The van der Waals surface area contributed by atoms with E-state index in [2.05, 4.69) is 9.97 Å². The smallest absolute Gasteiger partial charge is 0.360 e. The van der Waals surface area contributed by atoms with Gasteiger partial charge in [0.1, 0.15) is 0 Å². The van der Waals surface area contributed by atoms with Gasteiger partial charge in [0.15, 0.2) is 11.5 Å². The van der Waals surface area contributed by atoms with Gasteiger partial charge in [0.25, 0.3) is 11.6 Å². The van der Waals surface area contributed by atoms with Crippen molar-refractivity contribution in [2.24, 2.45) is 0 Å². The van der Waals surface area contributed by atoms with Gasteiger partial charge in [-0.15, -0.1) is 0 Å². The van der Waals surface area contributed by atoms with Gasteiger partial charge in [-0.1, -0.05) is 0 Å². The van der Waals surface area contributed by atoms with Crippen LogP contribution >= 0.6 is 0 Å². The highest BCUT2D eigenvalue weighted by atomic mass is 16.6. The van der Waals surface area contributed by atoms with E-state index in [0.717, 1.165) is 6.07 Å². The Balaban J connectivity index is 2.45. The van der Waals surface area contributed by atoms with Crippen molar-refractivity contribution in [2.75, 3.05) is 7.11 Å². The molecule has 21 heavy (non-hydrogen) atoms. The Kier molecular flexibility index (Phi) is 3.93. The molecular weight excluding hydrogens is 282 g/mol. The van der Waals surface area contributed by atoms with Crippen LogP contribution < -0.4 is 9.47 Å². The van der Waals surface area contributed by atoms with Gasteiger partial charge < -0.3 is 14.6 Å². The molecule has 2 rings (SSSR count). The van der Waals surface area contributed by atoms with Crippen molar-refractivity contribution in [2.45, 2.75) is 0 Å². The number of hydrogen-bond donors (Lipinski definition) is 1. The molecule has 0 fully saturated rings. The Morgan fingerprint density at radius 3 is 2.62 bits per heavy atom. The van der Waals surface area contributed by atoms with E-state index >= 15 is 0 Å². The van der Waals surface area contributed by atoms with Crippen LogP contribution in [0.15, 0.2) is 30.6 Å². The van der Waals surface area contributed by atoms with Gasteiger partial charge in [-0.25, -0.2) is 14.8 Å². The van der Waals surface area contributed by atoms with Crippen molar-refractivity contribution in [3.05, 3.63) is 46.4 Å². The molecule has 9 heteroatoms. The third kappa shape index (κ3) is 3.03. The molecule has 1 N–H and O–H groups in total. The van der Waals surface area contributed by atoms with E-state index < -0.39 is 16.6 Å². The summed E-state index contributed by atoms with van der Waals surface area (Å²) in [5.41, 5.74) is -0.641. The molecule has 1 aromatic carbocycles. The van der Waals surface area contributed by atoms with Crippen LogP contribution in [0.4, 0.5) is 5.69 Å². The minimum Gasteiger partial charge on any atom is -0.493 e. The molecule has 0 aliphatic heterocycles. The number of aromatic carboxylic acids is 1. The summed E-state index contributed by atoms with van der Waals surface area (Å²) in [6, 6.07) is 3.68. The Bertz CT molecular complexity index is 703. The summed E-state index contributed by atoms with van der Waals surface area (Å²) in [5.74, 6) is -1.46. The van der Waals surface area contributed by atoms with E-state index in [9.17, 15) is 14.9 Å². The number of ether oxygens (including phenoxy) is 2. The van der Waals surface area contributed by atoms with Gasteiger partial charge in [-0.05, 0) is 6.07 Å². The lowest BCUT2D eigenvalue weighted by Crippen LogP contribution is -2.05. The summed E-state index contributed by atoms with van der Waals surface area (Å²) in [6.45, 7) is 0. The number of nitro benzene ring substituents is 1. The summed E-state index contributed by atoms with van der Waals surface area (Å²) in [5, 5.41) is 19.8. The minimum atomic E-state index is -1.33. The molecule has 0 atom stereocenters. The van der Waals surface area contributed by atoms with Crippen LogP contribution in [-0.2, 0) is 0 Å². The Morgan fingerprint density at radius 1 is 1.29 bits per heavy atom. The lowest BCUT2D eigenvalue weighted by Gasteiger charge is -2.10.